The fraction of sp³-hybridized carbons (Fsp3) is 0.474. The average Bonchev–Trinajstić information content (AvgIpc) is 2.89. The van der Waals surface area contributed by atoms with Crippen LogP contribution in [0.2, 0.25) is 0 Å². The standard InChI is InChI=1S/C19H26N2O4/c1-11-7-8-12(2)16-14(11)9-15(17(22)23)21(16)13(3)10-20-18(24)25-19(4,5)6/h7-9,13H,10H2,1-6H3,(H,20,24)(H,22,23)/t13-/m1/s1. The van der Waals surface area contributed by atoms with Gasteiger partial charge in [-0.3, -0.25) is 0 Å². The number of carbonyl (C=O) groups is 2. The van der Waals surface area contributed by atoms with Gasteiger partial charge in [-0.05, 0) is 58.7 Å². The van der Waals surface area contributed by atoms with E-state index in [4.69, 9.17) is 4.74 Å². The van der Waals surface area contributed by atoms with Crippen LogP contribution in [0, 0.1) is 13.8 Å². The molecule has 0 unspecified atom stereocenters. The number of aromatic carboxylic acids is 1. The Balaban J connectivity index is 2.35. The van der Waals surface area contributed by atoms with Gasteiger partial charge in [0.25, 0.3) is 0 Å². The number of carbonyl (C=O) groups excluding carboxylic acids is 1. The number of alkyl carbamates (subject to hydrolysis) is 1. The van der Waals surface area contributed by atoms with Crippen LogP contribution in [-0.2, 0) is 4.74 Å². The zero-order chi connectivity index (χ0) is 18.9. The van der Waals surface area contributed by atoms with E-state index in [-0.39, 0.29) is 18.3 Å². The van der Waals surface area contributed by atoms with Crippen molar-refractivity contribution in [2.24, 2.45) is 0 Å². The summed E-state index contributed by atoms with van der Waals surface area (Å²) in [5.74, 6) is -0.987. The summed E-state index contributed by atoms with van der Waals surface area (Å²) in [6.07, 6.45) is -0.513. The highest BCUT2D eigenvalue weighted by Crippen LogP contribution is 2.29. The highest BCUT2D eigenvalue weighted by atomic mass is 16.6. The zero-order valence-corrected chi connectivity index (χ0v) is 15.6. The average molecular weight is 346 g/mol. The van der Waals surface area contributed by atoms with Crippen molar-refractivity contribution in [3.63, 3.8) is 0 Å². The minimum absolute atomic E-state index is 0.214. The largest absolute Gasteiger partial charge is 0.477 e. The van der Waals surface area contributed by atoms with Crippen molar-refractivity contribution in [2.45, 2.75) is 53.2 Å². The highest BCUT2D eigenvalue weighted by Gasteiger charge is 2.22. The van der Waals surface area contributed by atoms with E-state index in [1.165, 1.54) is 0 Å². The Morgan fingerprint density at radius 3 is 2.40 bits per heavy atom. The summed E-state index contributed by atoms with van der Waals surface area (Å²) in [5, 5.41) is 13.2. The summed E-state index contributed by atoms with van der Waals surface area (Å²) in [7, 11) is 0. The van der Waals surface area contributed by atoms with Crippen LogP contribution < -0.4 is 5.32 Å². The second-order valence-electron chi connectivity index (χ2n) is 7.40. The van der Waals surface area contributed by atoms with Crippen molar-refractivity contribution in [1.29, 1.82) is 0 Å². The van der Waals surface area contributed by atoms with Gasteiger partial charge in [-0.2, -0.15) is 0 Å². The number of hydrogen-bond acceptors (Lipinski definition) is 3. The Labute approximate surface area is 147 Å². The van der Waals surface area contributed by atoms with Crippen molar-refractivity contribution in [2.75, 3.05) is 6.54 Å². The maximum absolute atomic E-state index is 11.9. The lowest BCUT2D eigenvalue weighted by Crippen LogP contribution is -2.35. The monoisotopic (exact) mass is 346 g/mol. The molecule has 0 aliphatic heterocycles. The number of rotatable bonds is 4. The van der Waals surface area contributed by atoms with Crippen LogP contribution in [0.4, 0.5) is 4.79 Å². The molecule has 0 radical (unpaired) electrons. The van der Waals surface area contributed by atoms with Gasteiger partial charge in [-0.15, -0.1) is 0 Å². The van der Waals surface area contributed by atoms with Crippen LogP contribution in [0.3, 0.4) is 0 Å². The molecule has 1 heterocycles. The molecule has 6 nitrogen and oxygen atoms in total. The molecule has 6 heteroatoms. The van der Waals surface area contributed by atoms with Crippen LogP contribution in [0.15, 0.2) is 18.2 Å². The quantitative estimate of drug-likeness (QED) is 0.875. The molecule has 1 atom stereocenters. The minimum atomic E-state index is -0.987. The van der Waals surface area contributed by atoms with Crippen LogP contribution in [0.1, 0.15) is 55.4 Å². The molecule has 0 bridgehead atoms. The minimum Gasteiger partial charge on any atom is -0.477 e. The number of nitrogens with zero attached hydrogens (tertiary/aromatic N) is 1. The van der Waals surface area contributed by atoms with E-state index in [2.05, 4.69) is 5.32 Å². The van der Waals surface area contributed by atoms with Crippen molar-refractivity contribution < 1.29 is 19.4 Å². The molecule has 0 fully saturated rings. The third-order valence-corrected chi connectivity index (χ3v) is 4.02. The van der Waals surface area contributed by atoms with E-state index in [9.17, 15) is 14.7 Å². The molecular weight excluding hydrogens is 320 g/mol. The molecule has 25 heavy (non-hydrogen) atoms. The highest BCUT2D eigenvalue weighted by molar-refractivity contribution is 5.97. The van der Waals surface area contributed by atoms with Gasteiger partial charge in [0.05, 0.1) is 5.52 Å². The van der Waals surface area contributed by atoms with Gasteiger partial charge >= 0.3 is 12.1 Å². The first-order valence-corrected chi connectivity index (χ1v) is 8.32. The van der Waals surface area contributed by atoms with Gasteiger partial charge in [0.2, 0.25) is 0 Å². The van der Waals surface area contributed by atoms with E-state index < -0.39 is 17.7 Å². The van der Waals surface area contributed by atoms with E-state index in [0.717, 1.165) is 22.0 Å². The fourth-order valence-electron chi connectivity index (χ4n) is 2.91. The van der Waals surface area contributed by atoms with Crippen molar-refractivity contribution in [1.82, 2.24) is 9.88 Å². The maximum atomic E-state index is 11.9. The second-order valence-corrected chi connectivity index (χ2v) is 7.40. The van der Waals surface area contributed by atoms with Gasteiger partial charge in [0.15, 0.2) is 0 Å². The lowest BCUT2D eigenvalue weighted by molar-refractivity contribution is 0.0521. The maximum Gasteiger partial charge on any atom is 0.407 e. The van der Waals surface area contributed by atoms with Crippen LogP contribution in [-0.4, -0.2) is 33.9 Å². The van der Waals surface area contributed by atoms with Crippen LogP contribution >= 0.6 is 0 Å². The Bertz CT molecular complexity index is 815. The van der Waals surface area contributed by atoms with E-state index >= 15 is 0 Å². The van der Waals surface area contributed by atoms with Crippen molar-refractivity contribution in [3.05, 3.63) is 35.0 Å². The van der Waals surface area contributed by atoms with Crippen LogP contribution in [0.5, 0.6) is 0 Å². The van der Waals surface area contributed by atoms with Gasteiger partial charge < -0.3 is 19.7 Å². The molecule has 0 spiro atoms. The van der Waals surface area contributed by atoms with E-state index in [0.29, 0.717) is 0 Å². The predicted octanol–water partition coefficient (Wildman–Crippen LogP) is 4.04. The first-order valence-electron chi connectivity index (χ1n) is 8.32. The van der Waals surface area contributed by atoms with Gasteiger partial charge in [-0.1, -0.05) is 12.1 Å². The lowest BCUT2D eigenvalue weighted by atomic mass is 10.1. The third kappa shape index (κ3) is 4.13. The number of fused-ring (bicyclic) bond motifs is 1. The number of carboxylic acid groups (broad SMARTS) is 1. The molecule has 0 saturated carbocycles. The Hall–Kier alpha value is -2.50. The van der Waals surface area contributed by atoms with Crippen molar-refractivity contribution in [3.8, 4) is 0 Å². The normalized spacial score (nSPS) is 12.9. The SMILES string of the molecule is Cc1ccc(C)c2c1cc(C(=O)O)n2[C@H](C)CNC(=O)OC(C)(C)C. The molecule has 0 saturated heterocycles. The molecule has 2 N–H and O–H groups in total. The molecule has 1 amide bonds. The predicted molar refractivity (Wildman–Crippen MR) is 97.3 cm³/mol. The van der Waals surface area contributed by atoms with Gasteiger partial charge in [0.1, 0.15) is 11.3 Å². The number of ether oxygens (including phenoxy) is 1. The lowest BCUT2D eigenvalue weighted by Gasteiger charge is -2.22. The Morgan fingerprint density at radius 2 is 1.84 bits per heavy atom. The molecule has 1 aromatic heterocycles. The second kappa shape index (κ2) is 6.78. The fourth-order valence-corrected chi connectivity index (χ4v) is 2.91. The zero-order valence-electron chi connectivity index (χ0n) is 15.6. The van der Waals surface area contributed by atoms with Crippen LogP contribution in [0.25, 0.3) is 10.9 Å². The van der Waals surface area contributed by atoms with E-state index in [1.807, 2.05) is 32.9 Å². The number of benzene rings is 1. The number of nitrogens with one attached hydrogen (secondary N) is 1. The van der Waals surface area contributed by atoms with Crippen molar-refractivity contribution >= 4 is 23.0 Å². The molecule has 0 aliphatic carbocycles. The Kier molecular flexibility index (Phi) is 5.11. The molecular formula is C19H26N2O4. The molecule has 0 aliphatic rings. The summed E-state index contributed by atoms with van der Waals surface area (Å²) in [4.78, 5) is 23.6. The van der Waals surface area contributed by atoms with E-state index in [1.54, 1.807) is 31.4 Å². The summed E-state index contributed by atoms with van der Waals surface area (Å²) >= 11 is 0. The molecule has 2 aromatic rings. The molecule has 1 aromatic carbocycles. The number of hydrogen-bond donors (Lipinski definition) is 2. The topological polar surface area (TPSA) is 80.6 Å². The van der Waals surface area contributed by atoms with Gasteiger partial charge in [0, 0.05) is 18.0 Å². The number of carboxylic acids is 1. The molecule has 136 valence electrons. The summed E-state index contributed by atoms with van der Waals surface area (Å²) in [6, 6.07) is 5.42. The Morgan fingerprint density at radius 1 is 1.24 bits per heavy atom. The smallest absolute Gasteiger partial charge is 0.407 e. The molecule has 2 rings (SSSR count). The summed E-state index contributed by atoms with van der Waals surface area (Å²) in [6.45, 7) is 11.5. The number of amides is 1. The first-order chi connectivity index (χ1) is 11.5. The third-order valence-electron chi connectivity index (χ3n) is 4.02. The first kappa shape index (κ1) is 18.8. The summed E-state index contributed by atoms with van der Waals surface area (Å²) < 4.78 is 7.01. The summed E-state index contributed by atoms with van der Waals surface area (Å²) in [5.41, 5.74) is 2.54. The number of aromatic nitrogens is 1. The van der Waals surface area contributed by atoms with Gasteiger partial charge in [-0.25, -0.2) is 9.59 Å². The number of aryl methyl sites for hydroxylation is 2.